The molecule has 35 heavy (non-hydrogen) atoms. The maximum Gasteiger partial charge on any atom is 0.417 e. The van der Waals surface area contributed by atoms with Crippen molar-refractivity contribution >= 4 is 0 Å². The van der Waals surface area contributed by atoms with E-state index in [1.54, 1.807) is 18.2 Å². The molecule has 0 N–H and O–H groups in total. The highest BCUT2D eigenvalue weighted by molar-refractivity contribution is 5.70. The van der Waals surface area contributed by atoms with Gasteiger partial charge in [0.15, 0.2) is 5.82 Å². The van der Waals surface area contributed by atoms with Gasteiger partial charge < -0.3 is 0 Å². The minimum atomic E-state index is -4.73. The molecule has 3 aromatic rings. The number of benzene rings is 1. The van der Waals surface area contributed by atoms with Crippen LogP contribution in [0.1, 0.15) is 69.6 Å². The highest BCUT2D eigenvalue weighted by Crippen LogP contribution is 2.61. The molecule has 8 heteroatoms. The maximum atomic E-state index is 14.1. The van der Waals surface area contributed by atoms with E-state index in [1.165, 1.54) is 5.56 Å². The number of hydrogen-bond acceptors (Lipinski definition) is 5. The van der Waals surface area contributed by atoms with Crippen LogP contribution in [0.25, 0.3) is 22.6 Å². The molecule has 5 nitrogen and oxygen atoms in total. The van der Waals surface area contributed by atoms with Crippen molar-refractivity contribution in [2.75, 3.05) is 0 Å². The molecule has 0 radical (unpaired) electrons. The van der Waals surface area contributed by atoms with Crippen LogP contribution in [0.5, 0.6) is 0 Å². The Morgan fingerprint density at radius 3 is 1.91 bits per heavy atom. The number of pyridine rings is 1. The molecule has 0 unspecified atom stereocenters. The van der Waals surface area contributed by atoms with Crippen molar-refractivity contribution in [2.24, 2.45) is 5.41 Å². The monoisotopic (exact) mass is 475 g/mol. The predicted molar refractivity (Wildman–Crippen MR) is 125 cm³/mol. The third kappa shape index (κ3) is 3.56. The zero-order chi connectivity index (χ0) is 26.0. The molecule has 0 fully saturated rings. The standard InChI is InChI=1S/C27H24F3N5/c1-24(2)19-8-7-15(9-21(19)25(3,4)26(24,5)6)22-11-20(27(28,29)30)18(14-33-22)23-34-16(12-31)10-17(13-32)35-23/h7-11,14H,1-6H3. The van der Waals surface area contributed by atoms with Crippen LogP contribution in [0, 0.1) is 28.1 Å². The number of alkyl halides is 3. The maximum absolute atomic E-state index is 14.1. The van der Waals surface area contributed by atoms with Crippen molar-refractivity contribution in [3.63, 3.8) is 0 Å². The van der Waals surface area contributed by atoms with Crippen LogP contribution in [-0.4, -0.2) is 15.0 Å². The molecular formula is C27H24F3N5. The van der Waals surface area contributed by atoms with Gasteiger partial charge in [0.25, 0.3) is 0 Å². The number of nitriles is 2. The second-order valence-electron chi connectivity index (χ2n) is 10.4. The fraction of sp³-hybridized carbons (Fsp3) is 0.370. The van der Waals surface area contributed by atoms with E-state index in [0.717, 1.165) is 23.9 Å². The molecule has 4 rings (SSSR count). The average molecular weight is 476 g/mol. The van der Waals surface area contributed by atoms with Gasteiger partial charge in [0, 0.05) is 23.4 Å². The van der Waals surface area contributed by atoms with Crippen LogP contribution >= 0.6 is 0 Å². The third-order valence-electron chi connectivity index (χ3n) is 8.19. The highest BCUT2D eigenvalue weighted by Gasteiger charge is 2.56. The SMILES string of the molecule is CC1(C)c2ccc(-c3cc(C(F)(F)F)c(-c4nc(C#N)cc(C#N)n4)cn3)cc2C(C)(C)C1(C)C. The normalized spacial score (nSPS) is 17.3. The number of nitrogens with zero attached hydrogens (tertiary/aromatic N) is 5. The lowest BCUT2D eigenvalue weighted by Gasteiger charge is -2.44. The van der Waals surface area contributed by atoms with E-state index >= 15 is 0 Å². The Balaban J connectivity index is 1.90. The summed E-state index contributed by atoms with van der Waals surface area (Å²) in [6.07, 6.45) is -3.67. The Morgan fingerprint density at radius 1 is 0.800 bits per heavy atom. The summed E-state index contributed by atoms with van der Waals surface area (Å²) in [7, 11) is 0. The molecule has 0 spiro atoms. The zero-order valence-electron chi connectivity index (χ0n) is 20.3. The van der Waals surface area contributed by atoms with Gasteiger partial charge in [0.2, 0.25) is 0 Å². The Hall–Kier alpha value is -3.78. The van der Waals surface area contributed by atoms with Gasteiger partial charge in [-0.3, -0.25) is 4.98 Å². The summed E-state index contributed by atoms with van der Waals surface area (Å²) in [5, 5.41) is 18.3. The van der Waals surface area contributed by atoms with Crippen molar-refractivity contribution in [2.45, 2.75) is 58.5 Å². The number of rotatable bonds is 2. The van der Waals surface area contributed by atoms with E-state index < -0.39 is 17.3 Å². The first kappa shape index (κ1) is 24.3. The predicted octanol–water partition coefficient (Wildman–Crippen LogP) is 6.56. The van der Waals surface area contributed by atoms with E-state index in [1.807, 2.05) is 12.1 Å². The lowest BCUT2D eigenvalue weighted by Crippen LogP contribution is -2.42. The smallest absolute Gasteiger partial charge is 0.255 e. The third-order valence-corrected chi connectivity index (χ3v) is 8.19. The first-order valence-corrected chi connectivity index (χ1v) is 11.1. The summed E-state index contributed by atoms with van der Waals surface area (Å²) < 4.78 is 42.4. The number of halogens is 3. The van der Waals surface area contributed by atoms with Gasteiger partial charge in [0.1, 0.15) is 23.5 Å². The van der Waals surface area contributed by atoms with Gasteiger partial charge in [-0.15, -0.1) is 0 Å². The molecular weight excluding hydrogens is 451 g/mol. The zero-order valence-corrected chi connectivity index (χ0v) is 20.3. The molecule has 1 aliphatic rings. The molecule has 178 valence electrons. The fourth-order valence-corrected chi connectivity index (χ4v) is 4.93. The second-order valence-corrected chi connectivity index (χ2v) is 10.4. The first-order valence-electron chi connectivity index (χ1n) is 11.1. The van der Waals surface area contributed by atoms with Gasteiger partial charge in [0.05, 0.1) is 11.3 Å². The average Bonchev–Trinajstić information content (AvgIpc) is 2.91. The topological polar surface area (TPSA) is 86.2 Å². The van der Waals surface area contributed by atoms with Crippen LogP contribution in [0.2, 0.25) is 0 Å². The van der Waals surface area contributed by atoms with Crippen LogP contribution in [0.15, 0.2) is 36.5 Å². The van der Waals surface area contributed by atoms with Crippen molar-refractivity contribution in [1.29, 1.82) is 10.5 Å². The molecule has 0 amide bonds. The minimum Gasteiger partial charge on any atom is -0.255 e. The molecule has 1 aromatic carbocycles. The van der Waals surface area contributed by atoms with Crippen LogP contribution in [0.3, 0.4) is 0 Å². The molecule has 0 atom stereocenters. The van der Waals surface area contributed by atoms with Crippen molar-refractivity contribution in [3.05, 3.63) is 64.6 Å². The van der Waals surface area contributed by atoms with Crippen molar-refractivity contribution in [1.82, 2.24) is 15.0 Å². The summed E-state index contributed by atoms with van der Waals surface area (Å²) in [5.41, 5.74) is 0.810. The number of hydrogen-bond donors (Lipinski definition) is 0. The van der Waals surface area contributed by atoms with E-state index in [4.69, 9.17) is 10.5 Å². The number of fused-ring (bicyclic) bond motifs is 1. The Bertz CT molecular complexity index is 1400. The number of aromatic nitrogens is 3. The molecule has 0 aliphatic heterocycles. The molecule has 0 saturated carbocycles. The van der Waals surface area contributed by atoms with Crippen LogP contribution in [0.4, 0.5) is 13.2 Å². The Morgan fingerprint density at radius 2 is 1.37 bits per heavy atom. The van der Waals surface area contributed by atoms with E-state index in [-0.39, 0.29) is 39.2 Å². The van der Waals surface area contributed by atoms with Gasteiger partial charge in [-0.05, 0) is 39.5 Å². The minimum absolute atomic E-state index is 0.0864. The van der Waals surface area contributed by atoms with E-state index in [2.05, 4.69) is 56.5 Å². The van der Waals surface area contributed by atoms with E-state index in [9.17, 15) is 13.2 Å². The fourth-order valence-electron chi connectivity index (χ4n) is 4.93. The largest absolute Gasteiger partial charge is 0.417 e. The molecule has 0 bridgehead atoms. The van der Waals surface area contributed by atoms with Crippen LogP contribution in [-0.2, 0) is 17.0 Å². The quantitative estimate of drug-likeness (QED) is 0.419. The molecule has 2 aromatic heterocycles. The van der Waals surface area contributed by atoms with Crippen LogP contribution < -0.4 is 0 Å². The lowest BCUT2D eigenvalue weighted by atomic mass is 9.59. The van der Waals surface area contributed by atoms with Gasteiger partial charge in [-0.25, -0.2) is 9.97 Å². The summed E-state index contributed by atoms with van der Waals surface area (Å²) in [6.45, 7) is 13.1. The van der Waals surface area contributed by atoms with E-state index in [0.29, 0.717) is 5.56 Å². The first-order chi connectivity index (χ1) is 16.1. The summed E-state index contributed by atoms with van der Waals surface area (Å²) in [5.74, 6) is -0.370. The summed E-state index contributed by atoms with van der Waals surface area (Å²) >= 11 is 0. The van der Waals surface area contributed by atoms with Gasteiger partial charge >= 0.3 is 6.18 Å². The molecule has 0 saturated heterocycles. The lowest BCUT2D eigenvalue weighted by molar-refractivity contribution is -0.137. The van der Waals surface area contributed by atoms with Gasteiger partial charge in [-0.2, -0.15) is 23.7 Å². The van der Waals surface area contributed by atoms with Gasteiger partial charge in [-0.1, -0.05) is 53.7 Å². The van der Waals surface area contributed by atoms with Crippen molar-refractivity contribution in [3.8, 4) is 34.8 Å². The highest BCUT2D eigenvalue weighted by atomic mass is 19.4. The Kier molecular flexibility index (Phi) is 5.30. The second kappa shape index (κ2) is 7.61. The Labute approximate surface area is 202 Å². The van der Waals surface area contributed by atoms with Crippen molar-refractivity contribution < 1.29 is 13.2 Å². The molecule has 2 heterocycles. The summed E-state index contributed by atoms with van der Waals surface area (Å²) in [4.78, 5) is 12.1. The molecule has 1 aliphatic carbocycles. The summed E-state index contributed by atoms with van der Waals surface area (Å²) in [6, 6.07) is 11.3.